The number of nitrogens with zero attached hydrogens (tertiary/aromatic N) is 6. The summed E-state index contributed by atoms with van der Waals surface area (Å²) in [5.74, 6) is 1.99. The first-order chi connectivity index (χ1) is 14.1. The smallest absolute Gasteiger partial charge is 0.270 e. The van der Waals surface area contributed by atoms with E-state index in [0.717, 1.165) is 30.8 Å². The normalized spacial score (nSPS) is 11.3. The highest BCUT2D eigenvalue weighted by Crippen LogP contribution is 2.15. The summed E-state index contributed by atoms with van der Waals surface area (Å²) in [5, 5.41) is 7.57. The molecule has 0 amide bonds. The number of aliphatic imine (C=N–C) groups is 1. The van der Waals surface area contributed by atoms with E-state index < -0.39 is 0 Å². The Kier molecular flexibility index (Phi) is 7.29. The van der Waals surface area contributed by atoms with Gasteiger partial charge in [-0.2, -0.15) is 4.98 Å². The Balaban J connectivity index is 1.43. The molecule has 0 saturated carbocycles. The van der Waals surface area contributed by atoms with E-state index in [9.17, 15) is 0 Å². The van der Waals surface area contributed by atoms with Crippen molar-refractivity contribution in [2.75, 3.05) is 32.6 Å². The number of aromatic nitrogens is 4. The second kappa shape index (κ2) is 10.3. The zero-order chi connectivity index (χ0) is 20.5. The SMILES string of the molecule is CN(C)Cc1cccc(OCCCNc2nc(N=Cc3cccnc3)nn2C)c1. The van der Waals surface area contributed by atoms with E-state index in [4.69, 9.17) is 4.74 Å². The molecule has 8 heteroatoms. The van der Waals surface area contributed by atoms with E-state index in [1.165, 1.54) is 5.56 Å². The van der Waals surface area contributed by atoms with Gasteiger partial charge in [0.1, 0.15) is 5.75 Å². The summed E-state index contributed by atoms with van der Waals surface area (Å²) >= 11 is 0. The monoisotopic (exact) mass is 393 g/mol. The molecule has 0 aliphatic carbocycles. The Morgan fingerprint density at radius 2 is 2.14 bits per heavy atom. The molecule has 3 rings (SSSR count). The van der Waals surface area contributed by atoms with Crippen LogP contribution in [0.2, 0.25) is 0 Å². The zero-order valence-corrected chi connectivity index (χ0v) is 17.1. The highest BCUT2D eigenvalue weighted by Gasteiger charge is 2.05. The first-order valence-electron chi connectivity index (χ1n) is 9.55. The number of pyridine rings is 1. The lowest BCUT2D eigenvalue weighted by Crippen LogP contribution is -2.11. The van der Waals surface area contributed by atoms with Crippen LogP contribution in [0.15, 0.2) is 53.8 Å². The van der Waals surface area contributed by atoms with Crippen molar-refractivity contribution in [1.82, 2.24) is 24.6 Å². The van der Waals surface area contributed by atoms with Crippen molar-refractivity contribution < 1.29 is 4.74 Å². The average Bonchev–Trinajstić information content (AvgIpc) is 3.06. The summed E-state index contributed by atoms with van der Waals surface area (Å²) < 4.78 is 7.54. The number of ether oxygens (including phenoxy) is 1. The minimum Gasteiger partial charge on any atom is -0.494 e. The van der Waals surface area contributed by atoms with E-state index in [1.54, 1.807) is 23.3 Å². The molecule has 3 aromatic rings. The van der Waals surface area contributed by atoms with Crippen molar-refractivity contribution in [3.63, 3.8) is 0 Å². The second-order valence-corrected chi connectivity index (χ2v) is 6.92. The Labute approximate surface area is 171 Å². The van der Waals surface area contributed by atoms with Crippen LogP contribution >= 0.6 is 0 Å². The van der Waals surface area contributed by atoms with Crippen LogP contribution in [0, 0.1) is 0 Å². The molecule has 0 fully saturated rings. The first-order valence-corrected chi connectivity index (χ1v) is 9.55. The number of rotatable bonds is 10. The van der Waals surface area contributed by atoms with E-state index in [0.29, 0.717) is 18.5 Å². The van der Waals surface area contributed by atoms with E-state index in [2.05, 4.69) is 56.5 Å². The van der Waals surface area contributed by atoms with Crippen LogP contribution in [-0.4, -0.2) is 58.1 Å². The Morgan fingerprint density at radius 3 is 2.93 bits per heavy atom. The molecule has 0 saturated heterocycles. The third kappa shape index (κ3) is 6.69. The minimum absolute atomic E-state index is 0.410. The summed E-state index contributed by atoms with van der Waals surface area (Å²) in [6, 6.07) is 12.0. The third-order valence-electron chi connectivity index (χ3n) is 4.04. The van der Waals surface area contributed by atoms with Crippen molar-refractivity contribution in [3.8, 4) is 5.75 Å². The summed E-state index contributed by atoms with van der Waals surface area (Å²) in [6.07, 6.45) is 6.01. The number of nitrogens with one attached hydrogen (secondary N) is 1. The summed E-state index contributed by atoms with van der Waals surface area (Å²) in [6.45, 7) is 2.26. The van der Waals surface area contributed by atoms with Crippen molar-refractivity contribution in [2.45, 2.75) is 13.0 Å². The van der Waals surface area contributed by atoms with Crippen molar-refractivity contribution in [1.29, 1.82) is 0 Å². The van der Waals surface area contributed by atoms with Crippen LogP contribution in [0.3, 0.4) is 0 Å². The Bertz CT molecular complexity index is 922. The number of benzene rings is 1. The van der Waals surface area contributed by atoms with Crippen LogP contribution in [0.25, 0.3) is 0 Å². The van der Waals surface area contributed by atoms with E-state index in [-0.39, 0.29) is 0 Å². The molecule has 0 bridgehead atoms. The molecule has 2 heterocycles. The van der Waals surface area contributed by atoms with Crippen LogP contribution in [-0.2, 0) is 13.6 Å². The number of hydrogen-bond acceptors (Lipinski definition) is 7. The zero-order valence-electron chi connectivity index (χ0n) is 17.1. The van der Waals surface area contributed by atoms with E-state index in [1.807, 2.05) is 31.3 Å². The number of anilines is 1. The summed E-state index contributed by atoms with van der Waals surface area (Å²) in [7, 11) is 5.95. The number of aryl methyl sites for hydroxylation is 1. The van der Waals surface area contributed by atoms with Gasteiger partial charge in [0.25, 0.3) is 5.95 Å². The standard InChI is InChI=1S/C21H27N7O/c1-27(2)16-17-7-4-9-19(13-17)29-12-6-11-23-21-25-20(26-28(21)3)24-15-18-8-5-10-22-14-18/h4-5,7-10,13-15H,6,11-12,16H2,1-3H3,(H,23,25,26). The first kappa shape index (κ1) is 20.5. The molecular weight excluding hydrogens is 366 g/mol. The molecule has 0 aliphatic rings. The molecule has 0 unspecified atom stereocenters. The van der Waals surface area contributed by atoms with Gasteiger partial charge >= 0.3 is 0 Å². The van der Waals surface area contributed by atoms with Gasteiger partial charge in [-0.05, 0) is 44.3 Å². The van der Waals surface area contributed by atoms with Gasteiger partial charge in [0.15, 0.2) is 0 Å². The summed E-state index contributed by atoms with van der Waals surface area (Å²) in [5.41, 5.74) is 2.14. The Hall–Kier alpha value is -3.26. The fourth-order valence-corrected chi connectivity index (χ4v) is 2.73. The lowest BCUT2D eigenvalue weighted by atomic mass is 10.2. The maximum atomic E-state index is 5.86. The van der Waals surface area contributed by atoms with Crippen LogP contribution < -0.4 is 10.1 Å². The second-order valence-electron chi connectivity index (χ2n) is 6.92. The van der Waals surface area contributed by atoms with Crippen LogP contribution in [0.4, 0.5) is 11.9 Å². The molecule has 0 aliphatic heterocycles. The van der Waals surface area contributed by atoms with Gasteiger partial charge in [-0.25, -0.2) is 9.67 Å². The van der Waals surface area contributed by atoms with Gasteiger partial charge in [-0.1, -0.05) is 18.2 Å². The van der Waals surface area contributed by atoms with Gasteiger partial charge in [0.05, 0.1) is 6.61 Å². The fourth-order valence-electron chi connectivity index (χ4n) is 2.73. The molecule has 1 aromatic carbocycles. The summed E-state index contributed by atoms with van der Waals surface area (Å²) in [4.78, 5) is 14.9. The molecule has 1 N–H and O–H groups in total. The molecule has 0 spiro atoms. The van der Waals surface area contributed by atoms with Gasteiger partial charge < -0.3 is 15.0 Å². The lowest BCUT2D eigenvalue weighted by Gasteiger charge is -2.12. The fraction of sp³-hybridized carbons (Fsp3) is 0.333. The molecular formula is C21H27N7O. The topological polar surface area (TPSA) is 80.5 Å². The maximum Gasteiger partial charge on any atom is 0.270 e. The van der Waals surface area contributed by atoms with Gasteiger partial charge in [0.2, 0.25) is 5.95 Å². The predicted molar refractivity (Wildman–Crippen MR) is 115 cm³/mol. The minimum atomic E-state index is 0.410. The van der Waals surface area contributed by atoms with Crippen LogP contribution in [0.5, 0.6) is 5.75 Å². The highest BCUT2D eigenvalue weighted by atomic mass is 16.5. The van der Waals surface area contributed by atoms with Crippen molar-refractivity contribution in [2.24, 2.45) is 12.0 Å². The molecule has 0 radical (unpaired) electrons. The maximum absolute atomic E-state index is 5.86. The van der Waals surface area contributed by atoms with Crippen molar-refractivity contribution in [3.05, 3.63) is 59.9 Å². The quantitative estimate of drug-likeness (QED) is 0.421. The highest BCUT2D eigenvalue weighted by molar-refractivity contribution is 5.80. The molecule has 152 valence electrons. The lowest BCUT2D eigenvalue weighted by molar-refractivity contribution is 0.313. The number of hydrogen-bond donors (Lipinski definition) is 1. The van der Waals surface area contributed by atoms with Gasteiger partial charge in [-0.15, -0.1) is 5.10 Å². The average molecular weight is 393 g/mol. The Morgan fingerprint density at radius 1 is 1.24 bits per heavy atom. The van der Waals surface area contributed by atoms with Crippen LogP contribution in [0.1, 0.15) is 17.5 Å². The molecule has 8 nitrogen and oxygen atoms in total. The third-order valence-corrected chi connectivity index (χ3v) is 4.04. The van der Waals surface area contributed by atoms with Gasteiger partial charge in [-0.3, -0.25) is 4.98 Å². The predicted octanol–water partition coefficient (Wildman–Crippen LogP) is 2.90. The molecule has 29 heavy (non-hydrogen) atoms. The van der Waals surface area contributed by atoms with Gasteiger partial charge in [0, 0.05) is 44.3 Å². The van der Waals surface area contributed by atoms with Crippen molar-refractivity contribution >= 4 is 18.1 Å². The largest absolute Gasteiger partial charge is 0.494 e. The van der Waals surface area contributed by atoms with E-state index >= 15 is 0 Å². The molecule has 0 atom stereocenters. The molecule has 2 aromatic heterocycles.